The molecule has 3 heteroatoms. The van der Waals surface area contributed by atoms with Gasteiger partial charge < -0.3 is 4.42 Å². The van der Waals surface area contributed by atoms with Crippen molar-refractivity contribution >= 4 is 22.6 Å². The van der Waals surface area contributed by atoms with Gasteiger partial charge in [0.1, 0.15) is 11.3 Å². The molecule has 0 radical (unpaired) electrons. The highest BCUT2D eigenvalue weighted by Crippen LogP contribution is 2.27. The molecule has 90 valence electrons. The fourth-order valence-electron chi connectivity index (χ4n) is 2.08. The van der Waals surface area contributed by atoms with E-state index >= 15 is 0 Å². The molecule has 18 heavy (non-hydrogen) atoms. The predicted octanol–water partition coefficient (Wildman–Crippen LogP) is 3.96. The third kappa shape index (κ3) is 1.79. The molecule has 1 aliphatic carbocycles. The monoisotopic (exact) mass is 258 g/mol. The smallest absolute Gasteiger partial charge is 0.193 e. The van der Waals surface area contributed by atoms with Crippen molar-refractivity contribution in [3.05, 3.63) is 69.1 Å². The highest BCUT2D eigenvalue weighted by Gasteiger charge is 2.13. The van der Waals surface area contributed by atoms with Crippen molar-refractivity contribution < 1.29 is 4.42 Å². The highest BCUT2D eigenvalue weighted by molar-refractivity contribution is 6.32. The Kier molecular flexibility index (Phi) is 2.60. The molecule has 2 aromatic rings. The molecule has 0 N–H and O–H groups in total. The number of benzene rings is 1. The van der Waals surface area contributed by atoms with E-state index in [2.05, 4.69) is 0 Å². The number of hydrogen-bond acceptors (Lipinski definition) is 2. The van der Waals surface area contributed by atoms with Crippen LogP contribution in [0, 0.1) is 6.92 Å². The molecule has 1 aliphatic rings. The van der Waals surface area contributed by atoms with Crippen molar-refractivity contribution in [1.82, 2.24) is 0 Å². The lowest BCUT2D eigenvalue weighted by Crippen LogP contribution is -2.04. The maximum atomic E-state index is 12.1. The standard InChI is InChI=1S/C15H11ClO2/c1-9-6-15-11(7-12(9)16)13(17)8-14(18-15)10-4-2-3-5-10/h2-8,10H,1H3. The van der Waals surface area contributed by atoms with Gasteiger partial charge in [0.05, 0.1) is 11.3 Å². The second-order valence-electron chi connectivity index (χ2n) is 4.41. The molecule has 0 atom stereocenters. The van der Waals surface area contributed by atoms with Gasteiger partial charge in [-0.3, -0.25) is 4.79 Å². The Morgan fingerprint density at radius 3 is 2.61 bits per heavy atom. The van der Waals surface area contributed by atoms with Crippen LogP contribution in [0.2, 0.25) is 5.02 Å². The van der Waals surface area contributed by atoms with Crippen LogP contribution in [0.1, 0.15) is 17.2 Å². The molecule has 0 amide bonds. The topological polar surface area (TPSA) is 30.2 Å². The predicted molar refractivity (Wildman–Crippen MR) is 73.3 cm³/mol. The van der Waals surface area contributed by atoms with Gasteiger partial charge in [-0.25, -0.2) is 0 Å². The Balaban J connectivity index is 2.26. The van der Waals surface area contributed by atoms with E-state index in [1.54, 1.807) is 12.1 Å². The van der Waals surface area contributed by atoms with Gasteiger partial charge in [-0.15, -0.1) is 0 Å². The first-order valence-electron chi connectivity index (χ1n) is 5.74. The summed E-state index contributed by atoms with van der Waals surface area (Å²) in [6.07, 6.45) is 7.88. The SMILES string of the molecule is Cc1cc2oc(C3C=CC=C3)cc(=O)c2cc1Cl. The van der Waals surface area contributed by atoms with Crippen LogP contribution in [0.3, 0.4) is 0 Å². The molecule has 0 saturated carbocycles. The summed E-state index contributed by atoms with van der Waals surface area (Å²) in [5, 5.41) is 1.11. The maximum absolute atomic E-state index is 12.1. The average Bonchev–Trinajstić information content (AvgIpc) is 2.85. The van der Waals surface area contributed by atoms with Crippen LogP contribution < -0.4 is 5.43 Å². The van der Waals surface area contributed by atoms with Gasteiger partial charge in [0.15, 0.2) is 5.43 Å². The zero-order valence-electron chi connectivity index (χ0n) is 9.81. The summed E-state index contributed by atoms with van der Waals surface area (Å²) >= 11 is 6.02. The van der Waals surface area contributed by atoms with E-state index in [1.165, 1.54) is 0 Å². The largest absolute Gasteiger partial charge is 0.460 e. The van der Waals surface area contributed by atoms with E-state index < -0.39 is 0 Å². The van der Waals surface area contributed by atoms with Gasteiger partial charge in [-0.2, -0.15) is 0 Å². The Bertz CT molecular complexity index is 726. The van der Waals surface area contributed by atoms with E-state index in [1.807, 2.05) is 37.3 Å². The van der Waals surface area contributed by atoms with Crippen molar-refractivity contribution in [2.75, 3.05) is 0 Å². The van der Waals surface area contributed by atoms with E-state index in [4.69, 9.17) is 16.0 Å². The third-order valence-electron chi connectivity index (χ3n) is 3.10. The quantitative estimate of drug-likeness (QED) is 0.775. The molecule has 3 rings (SSSR count). The van der Waals surface area contributed by atoms with E-state index in [-0.39, 0.29) is 11.3 Å². The van der Waals surface area contributed by atoms with Gasteiger partial charge in [-0.05, 0) is 24.6 Å². The molecular formula is C15H11ClO2. The molecule has 2 nitrogen and oxygen atoms in total. The van der Waals surface area contributed by atoms with Crippen LogP contribution in [0.5, 0.6) is 0 Å². The van der Waals surface area contributed by atoms with Crippen molar-refractivity contribution in [3.8, 4) is 0 Å². The number of rotatable bonds is 1. The van der Waals surface area contributed by atoms with Crippen LogP contribution in [0.15, 0.2) is 51.7 Å². The summed E-state index contributed by atoms with van der Waals surface area (Å²) in [5.41, 5.74) is 1.44. The minimum atomic E-state index is -0.0538. The first kappa shape index (κ1) is 11.3. The average molecular weight is 259 g/mol. The van der Waals surface area contributed by atoms with E-state index in [0.717, 1.165) is 5.56 Å². The molecule has 1 aromatic heterocycles. The maximum Gasteiger partial charge on any atom is 0.193 e. The number of allylic oxidation sites excluding steroid dienone is 4. The van der Waals surface area contributed by atoms with Crippen LogP contribution in [0.4, 0.5) is 0 Å². The molecule has 1 aromatic carbocycles. The molecule has 0 saturated heterocycles. The molecule has 0 bridgehead atoms. The first-order valence-corrected chi connectivity index (χ1v) is 6.12. The second kappa shape index (κ2) is 4.14. The van der Waals surface area contributed by atoms with Gasteiger partial charge in [-0.1, -0.05) is 35.9 Å². The fourth-order valence-corrected chi connectivity index (χ4v) is 2.24. The van der Waals surface area contributed by atoms with Crippen molar-refractivity contribution in [2.24, 2.45) is 0 Å². The van der Waals surface area contributed by atoms with Gasteiger partial charge in [0.2, 0.25) is 0 Å². The normalized spacial score (nSPS) is 14.8. The van der Waals surface area contributed by atoms with Crippen LogP contribution in [0.25, 0.3) is 11.0 Å². The Morgan fingerprint density at radius 2 is 1.89 bits per heavy atom. The second-order valence-corrected chi connectivity index (χ2v) is 4.81. The summed E-state index contributed by atoms with van der Waals surface area (Å²) in [4.78, 5) is 12.1. The van der Waals surface area contributed by atoms with E-state index in [0.29, 0.717) is 21.8 Å². The number of fused-ring (bicyclic) bond motifs is 1. The van der Waals surface area contributed by atoms with Crippen LogP contribution in [-0.4, -0.2) is 0 Å². The molecule has 0 spiro atoms. The molecule has 0 unspecified atom stereocenters. The summed E-state index contributed by atoms with van der Waals surface area (Å²) in [6.45, 7) is 1.89. The fraction of sp³-hybridized carbons (Fsp3) is 0.133. The third-order valence-corrected chi connectivity index (χ3v) is 3.51. The summed E-state index contributed by atoms with van der Waals surface area (Å²) < 4.78 is 5.80. The Labute approximate surface area is 109 Å². The van der Waals surface area contributed by atoms with Gasteiger partial charge in [0, 0.05) is 11.1 Å². The zero-order valence-corrected chi connectivity index (χ0v) is 10.6. The minimum absolute atomic E-state index is 0.0538. The molecular weight excluding hydrogens is 248 g/mol. The first-order chi connectivity index (χ1) is 8.65. The lowest BCUT2D eigenvalue weighted by molar-refractivity contribution is 0.537. The Morgan fingerprint density at radius 1 is 1.17 bits per heavy atom. The number of hydrogen-bond donors (Lipinski definition) is 0. The summed E-state index contributed by atoms with van der Waals surface area (Å²) in [5.74, 6) is 0.720. The van der Waals surface area contributed by atoms with Crippen molar-refractivity contribution in [3.63, 3.8) is 0 Å². The number of aryl methyl sites for hydroxylation is 1. The lowest BCUT2D eigenvalue weighted by atomic mass is 10.1. The van der Waals surface area contributed by atoms with Crippen LogP contribution in [-0.2, 0) is 0 Å². The van der Waals surface area contributed by atoms with Crippen LogP contribution >= 0.6 is 11.6 Å². The molecule has 0 aliphatic heterocycles. The van der Waals surface area contributed by atoms with Gasteiger partial charge >= 0.3 is 0 Å². The van der Waals surface area contributed by atoms with Gasteiger partial charge in [0.25, 0.3) is 0 Å². The van der Waals surface area contributed by atoms with Crippen molar-refractivity contribution in [2.45, 2.75) is 12.8 Å². The highest BCUT2D eigenvalue weighted by atomic mass is 35.5. The number of halogens is 1. The Hall–Kier alpha value is -1.80. The van der Waals surface area contributed by atoms with Crippen molar-refractivity contribution in [1.29, 1.82) is 0 Å². The minimum Gasteiger partial charge on any atom is -0.460 e. The van der Waals surface area contributed by atoms with E-state index in [9.17, 15) is 4.79 Å². The summed E-state index contributed by atoms with van der Waals surface area (Å²) in [7, 11) is 0. The summed E-state index contributed by atoms with van der Waals surface area (Å²) in [6, 6.07) is 5.02. The molecule has 1 heterocycles. The lowest BCUT2D eigenvalue weighted by Gasteiger charge is -2.07. The zero-order chi connectivity index (χ0) is 12.7. The molecule has 0 fully saturated rings.